The van der Waals surface area contributed by atoms with E-state index in [1.54, 1.807) is 0 Å². The van der Waals surface area contributed by atoms with Crippen LogP contribution in [0.3, 0.4) is 0 Å². The standard InChI is InChI=1S/C13H17N3O/c1-14-9-5-4-8-12(17)13-15-10-6-2-3-7-11(10)16-13/h2-3,6-7,14H,4-5,8-9H2,1H3,(H,15,16). The van der Waals surface area contributed by atoms with Gasteiger partial charge in [-0.15, -0.1) is 0 Å². The molecule has 0 aliphatic rings. The van der Waals surface area contributed by atoms with Crippen LogP contribution in [0.1, 0.15) is 29.9 Å². The molecule has 0 aliphatic carbocycles. The highest BCUT2D eigenvalue weighted by molar-refractivity contribution is 5.95. The van der Waals surface area contributed by atoms with Crippen LogP contribution in [0, 0.1) is 0 Å². The zero-order valence-corrected chi connectivity index (χ0v) is 9.99. The van der Waals surface area contributed by atoms with Crippen molar-refractivity contribution in [2.24, 2.45) is 0 Å². The van der Waals surface area contributed by atoms with Gasteiger partial charge in [-0.1, -0.05) is 12.1 Å². The molecule has 90 valence electrons. The minimum Gasteiger partial charge on any atom is -0.335 e. The molecular formula is C13H17N3O. The highest BCUT2D eigenvalue weighted by Gasteiger charge is 2.10. The molecule has 2 aromatic rings. The number of aromatic nitrogens is 2. The maximum Gasteiger partial charge on any atom is 0.198 e. The Morgan fingerprint density at radius 2 is 2.18 bits per heavy atom. The summed E-state index contributed by atoms with van der Waals surface area (Å²) in [6.07, 6.45) is 2.47. The number of Topliss-reactive ketones (excluding diaryl/α,β-unsaturated/α-hetero) is 1. The Bertz CT molecular complexity index is 471. The summed E-state index contributed by atoms with van der Waals surface area (Å²) >= 11 is 0. The number of imidazole rings is 1. The first-order valence-corrected chi connectivity index (χ1v) is 5.94. The number of nitrogens with zero attached hydrogens (tertiary/aromatic N) is 1. The highest BCUT2D eigenvalue weighted by Crippen LogP contribution is 2.12. The van der Waals surface area contributed by atoms with E-state index < -0.39 is 0 Å². The summed E-state index contributed by atoms with van der Waals surface area (Å²) in [4.78, 5) is 19.2. The molecule has 17 heavy (non-hydrogen) atoms. The minimum absolute atomic E-state index is 0.0947. The summed E-state index contributed by atoms with van der Waals surface area (Å²) in [5.41, 5.74) is 1.78. The second-order valence-corrected chi connectivity index (χ2v) is 4.09. The minimum atomic E-state index is 0.0947. The number of hydrogen-bond donors (Lipinski definition) is 2. The second kappa shape index (κ2) is 5.59. The van der Waals surface area contributed by atoms with Crippen molar-refractivity contribution in [2.45, 2.75) is 19.3 Å². The summed E-state index contributed by atoms with van der Waals surface area (Å²) in [7, 11) is 1.92. The number of ketones is 1. The zero-order chi connectivity index (χ0) is 12.1. The van der Waals surface area contributed by atoms with Gasteiger partial charge in [0.15, 0.2) is 11.6 Å². The van der Waals surface area contributed by atoms with Crippen LogP contribution in [0.15, 0.2) is 24.3 Å². The SMILES string of the molecule is CNCCCCC(=O)c1nc2ccccc2[nH]1. The number of fused-ring (bicyclic) bond motifs is 1. The smallest absolute Gasteiger partial charge is 0.198 e. The Balaban J connectivity index is 1.99. The number of benzene rings is 1. The third-order valence-corrected chi connectivity index (χ3v) is 2.73. The van der Waals surface area contributed by atoms with E-state index in [4.69, 9.17) is 0 Å². The lowest BCUT2D eigenvalue weighted by Crippen LogP contribution is -2.08. The van der Waals surface area contributed by atoms with Crippen molar-refractivity contribution >= 4 is 16.8 Å². The molecule has 1 aromatic heterocycles. The lowest BCUT2D eigenvalue weighted by Gasteiger charge is -1.98. The van der Waals surface area contributed by atoms with Gasteiger partial charge in [-0.3, -0.25) is 4.79 Å². The van der Waals surface area contributed by atoms with Gasteiger partial charge in [0.05, 0.1) is 11.0 Å². The molecule has 0 saturated carbocycles. The van der Waals surface area contributed by atoms with Crippen LogP contribution in [0.4, 0.5) is 0 Å². The molecule has 4 heteroatoms. The second-order valence-electron chi connectivity index (χ2n) is 4.09. The van der Waals surface area contributed by atoms with Crippen LogP contribution in [0.25, 0.3) is 11.0 Å². The first-order chi connectivity index (χ1) is 8.31. The third kappa shape index (κ3) is 2.91. The van der Waals surface area contributed by atoms with Crippen molar-refractivity contribution in [2.75, 3.05) is 13.6 Å². The molecular weight excluding hydrogens is 214 g/mol. The summed E-state index contributed by atoms with van der Waals surface area (Å²) < 4.78 is 0. The van der Waals surface area contributed by atoms with Gasteiger partial charge in [0.2, 0.25) is 0 Å². The Labute approximate surface area is 100 Å². The van der Waals surface area contributed by atoms with Crippen LogP contribution >= 0.6 is 0 Å². The van der Waals surface area contributed by atoms with Crippen LogP contribution < -0.4 is 5.32 Å². The van der Waals surface area contributed by atoms with E-state index in [2.05, 4.69) is 15.3 Å². The van der Waals surface area contributed by atoms with Crippen molar-refractivity contribution in [1.82, 2.24) is 15.3 Å². The third-order valence-electron chi connectivity index (χ3n) is 2.73. The summed E-state index contributed by atoms with van der Waals surface area (Å²) in [5.74, 6) is 0.577. The number of carbonyl (C=O) groups is 1. The van der Waals surface area contributed by atoms with Gasteiger partial charge in [0.25, 0.3) is 0 Å². The van der Waals surface area contributed by atoms with Gasteiger partial charge >= 0.3 is 0 Å². The Morgan fingerprint density at radius 1 is 1.35 bits per heavy atom. The van der Waals surface area contributed by atoms with Gasteiger partial charge in [-0.2, -0.15) is 0 Å². The van der Waals surface area contributed by atoms with E-state index in [9.17, 15) is 4.79 Å². The number of aromatic amines is 1. The molecule has 0 aliphatic heterocycles. The summed E-state index contributed by atoms with van der Waals surface area (Å²) in [6, 6.07) is 7.69. The average Bonchev–Trinajstić information content (AvgIpc) is 2.78. The fraction of sp³-hybridized carbons (Fsp3) is 0.385. The monoisotopic (exact) mass is 231 g/mol. The molecule has 0 radical (unpaired) electrons. The van der Waals surface area contributed by atoms with Crippen LogP contribution in [0.5, 0.6) is 0 Å². The van der Waals surface area contributed by atoms with Crippen molar-refractivity contribution < 1.29 is 4.79 Å². The number of H-pyrrole nitrogens is 1. The number of nitrogens with one attached hydrogen (secondary N) is 2. The topological polar surface area (TPSA) is 57.8 Å². The molecule has 0 amide bonds. The zero-order valence-electron chi connectivity index (χ0n) is 9.99. The van der Waals surface area contributed by atoms with E-state index in [1.165, 1.54) is 0 Å². The van der Waals surface area contributed by atoms with Crippen molar-refractivity contribution in [3.8, 4) is 0 Å². The number of rotatable bonds is 6. The number of unbranched alkanes of at least 4 members (excludes halogenated alkanes) is 1. The van der Waals surface area contributed by atoms with Crippen molar-refractivity contribution in [1.29, 1.82) is 0 Å². The van der Waals surface area contributed by atoms with Crippen LogP contribution in [0.2, 0.25) is 0 Å². The van der Waals surface area contributed by atoms with Gasteiger partial charge in [0.1, 0.15) is 0 Å². The first kappa shape index (κ1) is 11.8. The van der Waals surface area contributed by atoms with Crippen molar-refractivity contribution in [3.05, 3.63) is 30.1 Å². The Morgan fingerprint density at radius 3 is 2.94 bits per heavy atom. The number of hydrogen-bond acceptors (Lipinski definition) is 3. The number of carbonyl (C=O) groups excluding carboxylic acids is 1. The first-order valence-electron chi connectivity index (χ1n) is 5.94. The van der Waals surface area contributed by atoms with Gasteiger partial charge < -0.3 is 10.3 Å². The van der Waals surface area contributed by atoms with E-state index in [0.29, 0.717) is 12.2 Å². The molecule has 0 unspecified atom stereocenters. The molecule has 1 aromatic carbocycles. The summed E-state index contributed by atoms with van der Waals surface area (Å²) in [6.45, 7) is 0.952. The summed E-state index contributed by atoms with van der Waals surface area (Å²) in [5, 5.41) is 3.07. The van der Waals surface area contributed by atoms with E-state index >= 15 is 0 Å². The average molecular weight is 231 g/mol. The normalized spacial score (nSPS) is 10.9. The predicted octanol–water partition coefficient (Wildman–Crippen LogP) is 2.14. The fourth-order valence-corrected chi connectivity index (χ4v) is 1.79. The van der Waals surface area contributed by atoms with Gasteiger partial charge in [0, 0.05) is 6.42 Å². The van der Waals surface area contributed by atoms with Gasteiger partial charge in [-0.05, 0) is 38.6 Å². The predicted molar refractivity (Wildman–Crippen MR) is 68.2 cm³/mol. The molecule has 2 N–H and O–H groups in total. The maximum absolute atomic E-state index is 11.9. The molecule has 0 saturated heterocycles. The molecule has 0 atom stereocenters. The van der Waals surface area contributed by atoms with E-state index in [1.807, 2.05) is 31.3 Å². The Hall–Kier alpha value is -1.68. The quantitative estimate of drug-likeness (QED) is 0.591. The van der Waals surface area contributed by atoms with Crippen molar-refractivity contribution in [3.63, 3.8) is 0 Å². The molecule has 0 fully saturated rings. The van der Waals surface area contributed by atoms with E-state index in [-0.39, 0.29) is 5.78 Å². The Kier molecular flexibility index (Phi) is 3.88. The largest absolute Gasteiger partial charge is 0.335 e. The lowest BCUT2D eigenvalue weighted by molar-refractivity contribution is 0.0970. The lowest BCUT2D eigenvalue weighted by atomic mass is 10.1. The molecule has 4 nitrogen and oxygen atoms in total. The fourth-order valence-electron chi connectivity index (χ4n) is 1.79. The van der Waals surface area contributed by atoms with Gasteiger partial charge in [-0.25, -0.2) is 4.98 Å². The molecule has 0 bridgehead atoms. The van der Waals surface area contributed by atoms with E-state index in [0.717, 1.165) is 30.4 Å². The maximum atomic E-state index is 11.9. The van der Waals surface area contributed by atoms with Crippen LogP contribution in [-0.2, 0) is 0 Å². The van der Waals surface area contributed by atoms with Crippen LogP contribution in [-0.4, -0.2) is 29.3 Å². The molecule has 0 spiro atoms. The molecule has 2 rings (SSSR count). The highest BCUT2D eigenvalue weighted by atomic mass is 16.1. The number of para-hydroxylation sites is 2. The molecule has 1 heterocycles.